The second-order valence-electron chi connectivity index (χ2n) is 14.7. The Bertz CT molecular complexity index is 3310. The molecule has 0 aliphatic heterocycles. The van der Waals surface area contributed by atoms with E-state index < -0.39 is 24.1 Å². The van der Waals surface area contributed by atoms with Crippen LogP contribution in [0.4, 0.5) is 32.3 Å². The number of aromatic nitrogens is 4. The van der Waals surface area contributed by atoms with E-state index in [1.165, 1.54) is 16.2 Å². The highest BCUT2D eigenvalue weighted by Crippen LogP contribution is 2.27. The maximum atomic E-state index is 13.4. The van der Waals surface area contributed by atoms with E-state index in [1.807, 2.05) is 12.1 Å². The SMILES string of the molecule is COc1ccccc1NC(=O)Nc1cccc(-n2c([C@H](C)N)nc3cccc(Cl)c3c2=O)c1.C[C@H](N)c1nc2cccc(Cl)c2c(=O)n1-c1cccc(NC(=O)Nc2ccccc2C#N)c1. The van der Waals surface area contributed by atoms with Gasteiger partial charge in [0.05, 0.1) is 79.4 Å². The topological polar surface area (TPSA) is 237 Å². The number of urea groups is 2. The van der Waals surface area contributed by atoms with E-state index >= 15 is 0 Å². The van der Waals surface area contributed by atoms with Crippen molar-refractivity contribution in [2.24, 2.45) is 11.5 Å². The largest absolute Gasteiger partial charge is 0.495 e. The number of ether oxygens (including phenoxy) is 1. The van der Waals surface area contributed by atoms with Crippen LogP contribution in [0.15, 0.2) is 143 Å². The molecule has 8 N–H and O–H groups in total. The first-order valence-electron chi connectivity index (χ1n) is 20.2. The van der Waals surface area contributed by atoms with Crippen molar-refractivity contribution in [3.05, 3.63) is 181 Å². The van der Waals surface area contributed by atoms with Crippen LogP contribution in [0, 0.1) is 11.3 Å². The van der Waals surface area contributed by atoms with Gasteiger partial charge < -0.3 is 37.5 Å². The summed E-state index contributed by atoms with van der Waals surface area (Å²) in [6, 6.07) is 37.4. The van der Waals surface area contributed by atoms with E-state index in [-0.39, 0.29) is 16.5 Å². The van der Waals surface area contributed by atoms with Crippen LogP contribution >= 0.6 is 23.2 Å². The van der Waals surface area contributed by atoms with Gasteiger partial charge in [0.1, 0.15) is 23.5 Å². The summed E-state index contributed by atoms with van der Waals surface area (Å²) in [4.78, 5) is 61.0. The minimum absolute atomic E-state index is 0.285. The molecular weight excluding hydrogens is 882 g/mol. The molecular formula is C48H41Cl2N11O5. The normalized spacial score (nSPS) is 11.7. The maximum absolute atomic E-state index is 13.4. The lowest BCUT2D eigenvalue weighted by Crippen LogP contribution is -2.28. The number of hydrogen-bond acceptors (Lipinski definition) is 10. The third kappa shape index (κ3) is 10.00. The van der Waals surface area contributed by atoms with E-state index in [0.717, 1.165) is 0 Å². The van der Waals surface area contributed by atoms with Crippen LogP contribution in [0.25, 0.3) is 33.2 Å². The number of halogens is 2. The molecule has 0 fully saturated rings. The van der Waals surface area contributed by atoms with Crippen molar-refractivity contribution in [2.45, 2.75) is 25.9 Å². The van der Waals surface area contributed by atoms with Crippen LogP contribution in [-0.4, -0.2) is 38.3 Å². The summed E-state index contributed by atoms with van der Waals surface area (Å²) in [6.45, 7) is 3.48. The van der Waals surface area contributed by atoms with Gasteiger partial charge in [0.2, 0.25) is 0 Å². The fourth-order valence-electron chi connectivity index (χ4n) is 6.98. The average molecular weight is 923 g/mol. The molecule has 332 valence electrons. The fraction of sp³-hybridized carbons (Fsp3) is 0.104. The van der Waals surface area contributed by atoms with Gasteiger partial charge in [0, 0.05) is 11.4 Å². The number of nitrogens with one attached hydrogen (secondary N) is 4. The second-order valence-corrected chi connectivity index (χ2v) is 15.5. The molecule has 0 aliphatic carbocycles. The van der Waals surface area contributed by atoms with Crippen LogP contribution in [0.5, 0.6) is 5.75 Å². The van der Waals surface area contributed by atoms with Gasteiger partial charge in [0.15, 0.2) is 0 Å². The Morgan fingerprint density at radius 2 is 1.06 bits per heavy atom. The number of para-hydroxylation sites is 3. The number of carbonyl (C=O) groups excluding carboxylic acids is 2. The Labute approximate surface area is 387 Å². The number of anilines is 4. The Balaban J connectivity index is 0.000000196. The molecule has 4 amide bonds. The summed E-state index contributed by atoms with van der Waals surface area (Å²) in [7, 11) is 1.53. The first-order chi connectivity index (χ1) is 31.8. The molecule has 16 nitrogen and oxygen atoms in total. The Morgan fingerprint density at radius 1 is 0.621 bits per heavy atom. The smallest absolute Gasteiger partial charge is 0.323 e. The molecule has 0 saturated carbocycles. The molecule has 2 atom stereocenters. The maximum Gasteiger partial charge on any atom is 0.323 e. The predicted octanol–water partition coefficient (Wildman–Crippen LogP) is 9.29. The Hall–Kier alpha value is -8.07. The van der Waals surface area contributed by atoms with Crippen molar-refractivity contribution in [1.29, 1.82) is 5.26 Å². The number of nitriles is 1. The molecule has 2 heterocycles. The highest BCUT2D eigenvalue weighted by Gasteiger charge is 2.20. The van der Waals surface area contributed by atoms with Gasteiger partial charge in [-0.1, -0.05) is 71.7 Å². The monoisotopic (exact) mass is 921 g/mol. The number of rotatable bonds is 9. The average Bonchev–Trinajstić information content (AvgIpc) is 3.29. The lowest BCUT2D eigenvalue weighted by molar-refractivity contribution is 0.261. The molecule has 8 rings (SSSR count). The molecule has 0 unspecified atom stereocenters. The first kappa shape index (κ1) is 45.9. The zero-order valence-electron chi connectivity index (χ0n) is 35.5. The van der Waals surface area contributed by atoms with Crippen LogP contribution < -0.4 is 48.6 Å². The minimum atomic E-state index is -0.538. The van der Waals surface area contributed by atoms with Gasteiger partial charge in [-0.3, -0.25) is 18.7 Å². The van der Waals surface area contributed by atoms with Crippen molar-refractivity contribution in [2.75, 3.05) is 28.4 Å². The van der Waals surface area contributed by atoms with E-state index in [0.29, 0.717) is 83.6 Å². The number of nitrogens with two attached hydrogens (primary N) is 2. The third-order valence-electron chi connectivity index (χ3n) is 9.94. The lowest BCUT2D eigenvalue weighted by Gasteiger charge is -2.17. The number of methoxy groups -OCH3 is 1. The molecule has 66 heavy (non-hydrogen) atoms. The highest BCUT2D eigenvalue weighted by atomic mass is 35.5. The van der Waals surface area contributed by atoms with Gasteiger partial charge in [-0.15, -0.1) is 0 Å². The molecule has 18 heteroatoms. The number of hydrogen-bond donors (Lipinski definition) is 6. The summed E-state index contributed by atoms with van der Waals surface area (Å²) in [5, 5.41) is 21.3. The van der Waals surface area contributed by atoms with Gasteiger partial charge in [-0.05, 0) is 98.8 Å². The fourth-order valence-corrected chi connectivity index (χ4v) is 7.48. The van der Waals surface area contributed by atoms with Crippen molar-refractivity contribution in [3.63, 3.8) is 0 Å². The Morgan fingerprint density at radius 3 is 1.53 bits per heavy atom. The van der Waals surface area contributed by atoms with E-state index in [1.54, 1.807) is 141 Å². The number of carbonyl (C=O) groups is 2. The molecule has 8 aromatic rings. The van der Waals surface area contributed by atoms with E-state index in [9.17, 15) is 24.4 Å². The van der Waals surface area contributed by atoms with E-state index in [2.05, 4.69) is 31.2 Å². The van der Waals surface area contributed by atoms with E-state index in [4.69, 9.17) is 39.4 Å². The van der Waals surface area contributed by atoms with Gasteiger partial charge in [-0.25, -0.2) is 19.6 Å². The number of benzene rings is 6. The second kappa shape index (κ2) is 20.2. The van der Waals surface area contributed by atoms with Crippen LogP contribution in [0.2, 0.25) is 10.0 Å². The first-order valence-corrected chi connectivity index (χ1v) is 21.0. The summed E-state index contributed by atoms with van der Waals surface area (Å²) >= 11 is 12.6. The third-order valence-corrected chi connectivity index (χ3v) is 10.6. The van der Waals surface area contributed by atoms with Crippen molar-refractivity contribution < 1.29 is 14.3 Å². The molecule has 0 saturated heterocycles. The van der Waals surface area contributed by atoms with Gasteiger partial charge >= 0.3 is 12.1 Å². The zero-order valence-corrected chi connectivity index (χ0v) is 37.1. The molecule has 0 bridgehead atoms. The summed E-state index contributed by atoms with van der Waals surface area (Å²) in [5.41, 5.74) is 15.6. The number of nitrogens with zero attached hydrogens (tertiary/aromatic N) is 5. The van der Waals surface area contributed by atoms with Crippen molar-refractivity contribution in [1.82, 2.24) is 19.1 Å². The number of fused-ring (bicyclic) bond motifs is 2. The molecule has 6 aromatic carbocycles. The van der Waals surface area contributed by atoms with Crippen molar-refractivity contribution >= 4 is 79.8 Å². The van der Waals surface area contributed by atoms with Gasteiger partial charge in [-0.2, -0.15) is 5.26 Å². The summed E-state index contributed by atoms with van der Waals surface area (Å²) in [6.07, 6.45) is 0. The standard InChI is InChI=1S/C24H19ClN6O2.C24H22ClN5O3/c1-14(27)22-29-20-11-5-9-18(25)21(20)23(32)31(22)17-8-4-7-16(12-17)28-24(33)30-19-10-3-2-6-15(19)13-26;1-14(26)22-28-19-11-6-9-17(25)21(19)23(31)30(22)16-8-5-7-15(13-16)27-24(32)29-18-10-3-4-12-20(18)33-2/h2-12,14H,27H2,1H3,(H2,28,30,33);3-14H,26H2,1-2H3,(H2,27,29,32)/t2*14-/m00/s1. The molecule has 0 aliphatic rings. The van der Waals surface area contributed by atoms with Crippen LogP contribution in [-0.2, 0) is 0 Å². The van der Waals surface area contributed by atoms with Crippen molar-refractivity contribution in [3.8, 4) is 23.2 Å². The predicted molar refractivity (Wildman–Crippen MR) is 259 cm³/mol. The quantitative estimate of drug-likeness (QED) is 0.0802. The molecule has 0 spiro atoms. The number of amides is 4. The van der Waals surface area contributed by atoms with Crippen LogP contribution in [0.3, 0.4) is 0 Å². The van der Waals surface area contributed by atoms with Gasteiger partial charge in [0.25, 0.3) is 11.1 Å². The minimum Gasteiger partial charge on any atom is -0.495 e. The highest BCUT2D eigenvalue weighted by molar-refractivity contribution is 6.35. The zero-order chi connectivity index (χ0) is 47.1. The summed E-state index contributed by atoms with van der Waals surface area (Å²) < 4.78 is 8.07. The lowest BCUT2D eigenvalue weighted by atomic mass is 10.2. The molecule has 2 aromatic heterocycles. The Kier molecular flexibility index (Phi) is 14.0. The molecule has 0 radical (unpaired) electrons. The summed E-state index contributed by atoms with van der Waals surface area (Å²) in [5.74, 6) is 1.28. The van der Waals surface area contributed by atoms with Crippen LogP contribution in [0.1, 0.15) is 43.1 Å².